The van der Waals surface area contributed by atoms with Crippen LogP contribution in [0.1, 0.15) is 43.6 Å². The van der Waals surface area contributed by atoms with Crippen molar-refractivity contribution >= 4 is 70.3 Å². The van der Waals surface area contributed by atoms with E-state index in [2.05, 4.69) is 30.9 Å². The Kier molecular flexibility index (Phi) is 17.3. The van der Waals surface area contributed by atoms with Crippen LogP contribution in [-0.4, -0.2) is 86.2 Å². The van der Waals surface area contributed by atoms with Gasteiger partial charge < -0.3 is 30.3 Å². The van der Waals surface area contributed by atoms with Gasteiger partial charge in [-0.1, -0.05) is 11.6 Å². The lowest BCUT2D eigenvalue weighted by Crippen LogP contribution is -2.29. The summed E-state index contributed by atoms with van der Waals surface area (Å²) in [5.41, 5.74) is -2.45. The lowest BCUT2D eigenvalue weighted by Gasteiger charge is -2.20. The lowest BCUT2D eigenvalue weighted by molar-refractivity contribution is -0.385. The number of sulfonamides is 1. The Balaban J connectivity index is 0.000000467. The number of halogens is 5. The fourth-order valence-corrected chi connectivity index (χ4v) is 4.55. The van der Waals surface area contributed by atoms with E-state index in [4.69, 9.17) is 42.8 Å². The van der Waals surface area contributed by atoms with Gasteiger partial charge in [0.15, 0.2) is 0 Å². The number of nitrogens with one attached hydrogen (secondary N) is 4. The number of carboxylic acids is 1. The predicted molar refractivity (Wildman–Crippen MR) is 187 cm³/mol. The molecule has 7 N–H and O–H groups in total. The number of carbonyl (C=O) groups is 2. The second-order valence-corrected chi connectivity index (χ2v) is 15.3. The molecule has 0 spiro atoms. The van der Waals surface area contributed by atoms with Gasteiger partial charge in [0.25, 0.3) is 11.6 Å². The number of hydrogen-bond acceptors (Lipinski definition) is 14. The van der Waals surface area contributed by atoms with E-state index in [1.165, 1.54) is 0 Å². The SMILES string of the molecule is CCNc1nc(Cl)nc(NC(C)(C)C)n1.CS(=O)(=O)NC(=O)c1cc(Oc2ccc(C(F)(F)F)cc2Cl)ccc1[N+](=O)[O-].O=C(O)CNCP(=O)(O)O. The van der Waals surface area contributed by atoms with Crippen LogP contribution < -0.4 is 25.4 Å². The number of rotatable bonds is 12. The van der Waals surface area contributed by atoms with E-state index in [-0.39, 0.29) is 22.3 Å². The molecule has 1 heterocycles. The van der Waals surface area contributed by atoms with Crippen molar-refractivity contribution in [3.63, 3.8) is 0 Å². The average molecular weight is 838 g/mol. The van der Waals surface area contributed by atoms with Gasteiger partial charge >= 0.3 is 19.7 Å². The summed E-state index contributed by atoms with van der Waals surface area (Å²) in [6.45, 7) is 8.35. The number of nitrogens with zero attached hydrogens (tertiary/aromatic N) is 4. The monoisotopic (exact) mass is 836 g/mol. The Morgan fingerprint density at radius 3 is 2.11 bits per heavy atom. The third kappa shape index (κ3) is 19.3. The number of aliphatic carboxylic acids is 1. The second kappa shape index (κ2) is 19.6. The molecule has 0 fully saturated rings. The van der Waals surface area contributed by atoms with Gasteiger partial charge in [-0.05, 0) is 63.6 Å². The van der Waals surface area contributed by atoms with Crippen molar-refractivity contribution in [1.82, 2.24) is 25.0 Å². The minimum Gasteiger partial charge on any atom is -0.480 e. The maximum atomic E-state index is 12.7. The molecule has 294 valence electrons. The topological polar surface area (TPSA) is 285 Å². The molecule has 1 amide bonds. The average Bonchev–Trinajstić information content (AvgIpc) is 2.95. The molecule has 0 bridgehead atoms. The van der Waals surface area contributed by atoms with E-state index < -0.39 is 75.3 Å². The van der Waals surface area contributed by atoms with Crippen LogP contribution in [0.3, 0.4) is 0 Å². The summed E-state index contributed by atoms with van der Waals surface area (Å²) in [5.74, 6) is -1.85. The number of carbonyl (C=O) groups excluding carboxylic acids is 1. The molecule has 0 radical (unpaired) electrons. The van der Waals surface area contributed by atoms with Crippen LogP contribution in [0.15, 0.2) is 36.4 Å². The third-order valence-electron chi connectivity index (χ3n) is 5.20. The summed E-state index contributed by atoms with van der Waals surface area (Å²) in [7, 11) is -8.10. The molecule has 3 aromatic rings. The maximum absolute atomic E-state index is 12.7. The van der Waals surface area contributed by atoms with Gasteiger partial charge in [0.05, 0.1) is 34.6 Å². The van der Waals surface area contributed by atoms with Crippen molar-refractivity contribution in [3.05, 3.63) is 67.9 Å². The molecule has 0 aliphatic rings. The number of aromatic nitrogens is 3. The zero-order valence-electron chi connectivity index (χ0n) is 28.2. The normalized spacial score (nSPS) is 11.5. The number of alkyl halides is 3. The highest BCUT2D eigenvalue weighted by atomic mass is 35.5. The van der Waals surface area contributed by atoms with Crippen LogP contribution in [0.5, 0.6) is 11.5 Å². The van der Waals surface area contributed by atoms with Crippen molar-refractivity contribution in [2.24, 2.45) is 0 Å². The fourth-order valence-electron chi connectivity index (χ4n) is 3.32. The summed E-state index contributed by atoms with van der Waals surface area (Å²) in [5, 5.41) is 27.0. The molecular formula is C27H34Cl2F3N8O11PS. The van der Waals surface area contributed by atoms with E-state index in [1.54, 1.807) is 4.72 Å². The largest absolute Gasteiger partial charge is 0.480 e. The van der Waals surface area contributed by atoms with E-state index in [0.29, 0.717) is 30.3 Å². The number of anilines is 2. The number of nitro benzene ring substituents is 1. The number of amides is 1. The van der Waals surface area contributed by atoms with Gasteiger partial charge in [-0.3, -0.25) is 29.6 Å². The van der Waals surface area contributed by atoms with Crippen LogP contribution in [0, 0.1) is 10.1 Å². The zero-order chi connectivity index (χ0) is 40.9. The van der Waals surface area contributed by atoms with Crippen LogP contribution in [0.2, 0.25) is 10.3 Å². The molecular weight excluding hydrogens is 803 g/mol. The third-order valence-corrected chi connectivity index (χ3v) is 6.85. The van der Waals surface area contributed by atoms with Crippen LogP contribution >= 0.6 is 30.8 Å². The van der Waals surface area contributed by atoms with Crippen molar-refractivity contribution in [2.45, 2.75) is 39.4 Å². The molecule has 3 rings (SSSR count). The van der Waals surface area contributed by atoms with E-state index in [0.717, 1.165) is 30.8 Å². The Bertz CT molecular complexity index is 1930. The summed E-state index contributed by atoms with van der Waals surface area (Å²) in [4.78, 5) is 60.4. The first-order valence-corrected chi connectivity index (χ1v) is 18.8. The summed E-state index contributed by atoms with van der Waals surface area (Å²) in [6.07, 6.45) is -4.54. The van der Waals surface area contributed by atoms with Gasteiger partial charge in [0.1, 0.15) is 17.1 Å². The molecule has 19 nitrogen and oxygen atoms in total. The van der Waals surface area contributed by atoms with Crippen LogP contribution in [0.4, 0.5) is 30.8 Å². The molecule has 0 aliphatic carbocycles. The van der Waals surface area contributed by atoms with Gasteiger partial charge in [-0.25, -0.2) is 13.1 Å². The Labute approximate surface area is 310 Å². The molecule has 0 saturated heterocycles. The Morgan fingerprint density at radius 2 is 1.64 bits per heavy atom. The number of benzene rings is 2. The number of hydrogen-bond donors (Lipinski definition) is 7. The smallest absolute Gasteiger partial charge is 0.416 e. The first kappa shape index (κ1) is 46.6. The highest BCUT2D eigenvalue weighted by Crippen LogP contribution is 2.37. The fraction of sp³-hybridized carbons (Fsp3) is 0.370. The quantitative estimate of drug-likeness (QED) is 0.0738. The van der Waals surface area contributed by atoms with Crippen molar-refractivity contribution in [3.8, 4) is 11.5 Å². The molecule has 0 saturated carbocycles. The van der Waals surface area contributed by atoms with Crippen molar-refractivity contribution in [2.75, 3.05) is 36.3 Å². The molecule has 0 atom stereocenters. The number of ether oxygens (including phenoxy) is 1. The van der Waals surface area contributed by atoms with Gasteiger partial charge in [-0.15, -0.1) is 0 Å². The maximum Gasteiger partial charge on any atom is 0.416 e. The molecule has 0 unspecified atom stereocenters. The van der Waals surface area contributed by atoms with Crippen molar-refractivity contribution < 1.29 is 60.3 Å². The first-order valence-electron chi connectivity index (χ1n) is 14.4. The second-order valence-electron chi connectivity index (χ2n) is 11.2. The minimum absolute atomic E-state index is 0.103. The summed E-state index contributed by atoms with van der Waals surface area (Å²) in [6, 6.07) is 5.09. The molecule has 2 aromatic carbocycles. The Hall–Kier alpha value is -4.38. The molecule has 53 heavy (non-hydrogen) atoms. The highest BCUT2D eigenvalue weighted by Gasteiger charge is 2.31. The highest BCUT2D eigenvalue weighted by molar-refractivity contribution is 7.89. The van der Waals surface area contributed by atoms with E-state index >= 15 is 0 Å². The standard InChI is InChI=1S/C15H10ClF3N2O6S.C9H16ClN5.C3H8NO5P/c1-28(25,26)20-14(22)10-7-9(3-4-12(10)21(23)24)27-13-5-2-8(6-11(13)16)15(17,18)19;1-5-11-7-12-6(10)13-8(14-7)15-9(2,3)4;5-3(6)1-4-2-10(7,8)9/h2-7H,1H3,(H,20,22);5H2,1-4H3,(H2,11,12,13,14,15);4H,1-2H2,(H,5,6)(H2,7,8,9). The van der Waals surface area contributed by atoms with Crippen LogP contribution in [-0.2, 0) is 25.6 Å². The minimum atomic E-state index is -4.62. The first-order chi connectivity index (χ1) is 24.1. The van der Waals surface area contributed by atoms with E-state index in [1.807, 2.05) is 27.7 Å². The molecule has 0 aliphatic heterocycles. The lowest BCUT2D eigenvalue weighted by atomic mass is 10.1. The summed E-state index contributed by atoms with van der Waals surface area (Å²) >= 11 is 11.5. The van der Waals surface area contributed by atoms with Gasteiger partial charge in [0.2, 0.25) is 27.2 Å². The van der Waals surface area contributed by atoms with Crippen LogP contribution in [0.25, 0.3) is 0 Å². The number of nitro groups is 1. The van der Waals surface area contributed by atoms with Gasteiger partial charge in [0, 0.05) is 24.2 Å². The van der Waals surface area contributed by atoms with Gasteiger partial charge in [-0.2, -0.15) is 28.1 Å². The van der Waals surface area contributed by atoms with Crippen molar-refractivity contribution in [1.29, 1.82) is 0 Å². The molecule has 1 aromatic heterocycles. The van der Waals surface area contributed by atoms with E-state index in [9.17, 15) is 45.9 Å². The Morgan fingerprint density at radius 1 is 1.04 bits per heavy atom. The predicted octanol–water partition coefficient (Wildman–Crippen LogP) is 4.71. The summed E-state index contributed by atoms with van der Waals surface area (Å²) < 4.78 is 77.3. The zero-order valence-corrected chi connectivity index (χ0v) is 31.4. The molecule has 26 heteroatoms. The number of carboxylic acid groups (broad SMARTS) is 1.